The molecule has 134 valence electrons. The number of halogens is 1. The summed E-state index contributed by atoms with van der Waals surface area (Å²) in [5.74, 6) is 1.67. The maximum Gasteiger partial charge on any atom is 0.225 e. The average molecular weight is 370 g/mol. The molecular formula is C18H20ClN7. The van der Waals surface area contributed by atoms with Gasteiger partial charge in [0.15, 0.2) is 0 Å². The fourth-order valence-corrected chi connectivity index (χ4v) is 3.32. The van der Waals surface area contributed by atoms with E-state index in [0.717, 1.165) is 48.8 Å². The van der Waals surface area contributed by atoms with Crippen molar-refractivity contribution in [3.63, 3.8) is 0 Å². The van der Waals surface area contributed by atoms with Crippen LogP contribution in [0.4, 0.5) is 17.5 Å². The van der Waals surface area contributed by atoms with E-state index in [1.54, 1.807) is 18.7 Å². The van der Waals surface area contributed by atoms with Crippen molar-refractivity contribution in [1.29, 1.82) is 0 Å². The zero-order valence-corrected chi connectivity index (χ0v) is 15.6. The Morgan fingerprint density at radius 2 is 1.62 bits per heavy atom. The lowest BCUT2D eigenvalue weighted by molar-refractivity contribution is 0.640. The van der Waals surface area contributed by atoms with Gasteiger partial charge in [-0.25, -0.2) is 19.9 Å². The molecule has 26 heavy (non-hydrogen) atoms. The molecule has 8 heteroatoms. The van der Waals surface area contributed by atoms with Gasteiger partial charge in [0.05, 0.1) is 22.9 Å². The van der Waals surface area contributed by atoms with Crippen molar-refractivity contribution >= 4 is 40.0 Å². The van der Waals surface area contributed by atoms with Crippen LogP contribution in [-0.4, -0.2) is 60.2 Å². The molecular weight excluding hydrogens is 350 g/mol. The maximum atomic E-state index is 5.87. The van der Waals surface area contributed by atoms with Crippen molar-refractivity contribution in [1.82, 2.24) is 19.9 Å². The molecule has 3 aromatic rings. The molecule has 0 unspecified atom stereocenters. The van der Waals surface area contributed by atoms with Gasteiger partial charge in [0.2, 0.25) is 5.95 Å². The lowest BCUT2D eigenvalue weighted by Crippen LogP contribution is -2.47. The molecule has 1 aliphatic heterocycles. The van der Waals surface area contributed by atoms with E-state index in [0.29, 0.717) is 5.02 Å². The topological polar surface area (TPSA) is 61.3 Å². The van der Waals surface area contributed by atoms with Crippen LogP contribution in [-0.2, 0) is 0 Å². The highest BCUT2D eigenvalue weighted by atomic mass is 35.5. The highest BCUT2D eigenvalue weighted by Gasteiger charge is 2.20. The SMILES string of the molecule is CN(C)c1ncnc2ccc(N3CCN(c4ncc(Cl)cn4)CC3)cc12. The third kappa shape index (κ3) is 3.22. The highest BCUT2D eigenvalue weighted by molar-refractivity contribution is 6.30. The van der Waals surface area contributed by atoms with Crippen LogP contribution in [0.3, 0.4) is 0 Å². The number of piperazine rings is 1. The standard InChI is InChI=1S/C18H20ClN7/c1-24(2)17-15-9-14(3-4-16(15)22-12-23-17)25-5-7-26(8-6-25)18-20-10-13(19)11-21-18/h3-4,9-12H,5-8H2,1-2H3. The van der Waals surface area contributed by atoms with Crippen molar-refractivity contribution < 1.29 is 0 Å². The summed E-state index contributed by atoms with van der Waals surface area (Å²) in [6.45, 7) is 3.54. The summed E-state index contributed by atoms with van der Waals surface area (Å²) in [4.78, 5) is 24.0. The third-order valence-corrected chi connectivity index (χ3v) is 4.75. The molecule has 0 amide bonds. The minimum Gasteiger partial charge on any atom is -0.368 e. The minimum absolute atomic E-state index is 0.558. The number of anilines is 3. The molecule has 0 saturated carbocycles. The first kappa shape index (κ1) is 16.8. The Hall–Kier alpha value is -2.67. The second-order valence-electron chi connectivity index (χ2n) is 6.47. The van der Waals surface area contributed by atoms with Crippen molar-refractivity contribution in [2.75, 3.05) is 55.0 Å². The number of hydrogen-bond donors (Lipinski definition) is 0. The number of hydrogen-bond acceptors (Lipinski definition) is 7. The molecule has 7 nitrogen and oxygen atoms in total. The number of benzene rings is 1. The number of rotatable bonds is 3. The van der Waals surface area contributed by atoms with Gasteiger partial charge in [0, 0.05) is 51.3 Å². The van der Waals surface area contributed by atoms with Gasteiger partial charge in [0.1, 0.15) is 12.1 Å². The average Bonchev–Trinajstić information content (AvgIpc) is 2.68. The van der Waals surface area contributed by atoms with E-state index in [9.17, 15) is 0 Å². The minimum atomic E-state index is 0.558. The molecule has 0 atom stereocenters. The summed E-state index contributed by atoms with van der Waals surface area (Å²) in [5, 5.41) is 1.63. The molecule has 1 aliphatic rings. The summed E-state index contributed by atoms with van der Waals surface area (Å²) in [7, 11) is 4.00. The number of aromatic nitrogens is 4. The predicted molar refractivity (Wildman–Crippen MR) is 105 cm³/mol. The van der Waals surface area contributed by atoms with E-state index >= 15 is 0 Å². The first-order valence-corrected chi connectivity index (χ1v) is 8.89. The Balaban J connectivity index is 1.54. The Labute approximate surface area is 157 Å². The van der Waals surface area contributed by atoms with E-state index < -0.39 is 0 Å². The third-order valence-electron chi connectivity index (χ3n) is 4.56. The van der Waals surface area contributed by atoms with E-state index in [-0.39, 0.29) is 0 Å². The molecule has 3 heterocycles. The van der Waals surface area contributed by atoms with Crippen LogP contribution >= 0.6 is 11.6 Å². The zero-order valence-electron chi connectivity index (χ0n) is 14.8. The molecule has 1 saturated heterocycles. The van der Waals surface area contributed by atoms with Crippen molar-refractivity contribution in [3.05, 3.63) is 41.9 Å². The first-order valence-electron chi connectivity index (χ1n) is 8.51. The number of nitrogens with zero attached hydrogens (tertiary/aromatic N) is 7. The van der Waals surface area contributed by atoms with Gasteiger partial charge < -0.3 is 14.7 Å². The molecule has 0 bridgehead atoms. The largest absolute Gasteiger partial charge is 0.368 e. The lowest BCUT2D eigenvalue weighted by Gasteiger charge is -2.36. The van der Waals surface area contributed by atoms with Gasteiger partial charge in [-0.05, 0) is 18.2 Å². The van der Waals surface area contributed by atoms with Crippen molar-refractivity contribution in [2.24, 2.45) is 0 Å². The van der Waals surface area contributed by atoms with Gasteiger partial charge in [-0.15, -0.1) is 0 Å². The van der Waals surface area contributed by atoms with Crippen molar-refractivity contribution in [3.8, 4) is 0 Å². The summed E-state index contributed by atoms with van der Waals surface area (Å²) >= 11 is 5.87. The quantitative estimate of drug-likeness (QED) is 0.702. The second-order valence-corrected chi connectivity index (χ2v) is 6.90. The van der Waals surface area contributed by atoms with Gasteiger partial charge in [-0.2, -0.15) is 0 Å². The molecule has 0 aliphatic carbocycles. The molecule has 0 N–H and O–H groups in total. The molecule has 2 aromatic heterocycles. The van der Waals surface area contributed by atoms with Crippen LogP contribution in [0.2, 0.25) is 5.02 Å². The first-order chi connectivity index (χ1) is 12.6. The van der Waals surface area contributed by atoms with E-state index in [1.165, 1.54) is 5.69 Å². The fourth-order valence-electron chi connectivity index (χ4n) is 3.22. The summed E-state index contributed by atoms with van der Waals surface area (Å²) in [5.41, 5.74) is 2.15. The van der Waals surface area contributed by atoms with Gasteiger partial charge in [-0.1, -0.05) is 11.6 Å². The Morgan fingerprint density at radius 3 is 2.31 bits per heavy atom. The molecule has 1 aromatic carbocycles. The van der Waals surface area contributed by atoms with E-state index in [2.05, 4.69) is 47.9 Å². The van der Waals surface area contributed by atoms with Crippen LogP contribution < -0.4 is 14.7 Å². The maximum absolute atomic E-state index is 5.87. The molecule has 4 rings (SSSR count). The molecule has 0 spiro atoms. The van der Waals surface area contributed by atoms with Gasteiger partial charge >= 0.3 is 0 Å². The lowest BCUT2D eigenvalue weighted by atomic mass is 10.1. The number of fused-ring (bicyclic) bond motifs is 1. The van der Waals surface area contributed by atoms with Crippen LogP contribution in [0.1, 0.15) is 0 Å². The van der Waals surface area contributed by atoms with Crippen LogP contribution in [0.25, 0.3) is 10.9 Å². The van der Waals surface area contributed by atoms with Crippen LogP contribution in [0, 0.1) is 0 Å². The highest BCUT2D eigenvalue weighted by Crippen LogP contribution is 2.27. The van der Waals surface area contributed by atoms with E-state index in [1.807, 2.05) is 19.0 Å². The smallest absolute Gasteiger partial charge is 0.225 e. The zero-order chi connectivity index (χ0) is 18.1. The summed E-state index contributed by atoms with van der Waals surface area (Å²) in [6, 6.07) is 6.37. The summed E-state index contributed by atoms with van der Waals surface area (Å²) < 4.78 is 0. The van der Waals surface area contributed by atoms with Crippen molar-refractivity contribution in [2.45, 2.75) is 0 Å². The fraction of sp³-hybridized carbons (Fsp3) is 0.333. The summed E-state index contributed by atoms with van der Waals surface area (Å²) in [6.07, 6.45) is 4.90. The van der Waals surface area contributed by atoms with E-state index in [4.69, 9.17) is 11.6 Å². The second kappa shape index (κ2) is 6.92. The van der Waals surface area contributed by atoms with Crippen LogP contribution in [0.15, 0.2) is 36.9 Å². The van der Waals surface area contributed by atoms with Gasteiger partial charge in [0.25, 0.3) is 0 Å². The normalized spacial score (nSPS) is 14.7. The Kier molecular flexibility index (Phi) is 4.46. The van der Waals surface area contributed by atoms with Gasteiger partial charge in [-0.3, -0.25) is 0 Å². The Morgan fingerprint density at radius 1 is 0.923 bits per heavy atom. The monoisotopic (exact) mass is 369 g/mol. The Bertz CT molecular complexity index is 905. The van der Waals surface area contributed by atoms with Crippen LogP contribution in [0.5, 0.6) is 0 Å². The molecule has 1 fully saturated rings. The molecule has 0 radical (unpaired) electrons. The predicted octanol–water partition coefficient (Wildman–Crippen LogP) is 2.47.